The van der Waals surface area contributed by atoms with Crippen LogP contribution in [0.5, 0.6) is 0 Å². The molecule has 0 amide bonds. The highest BCUT2D eigenvalue weighted by Gasteiger charge is 2.37. The second kappa shape index (κ2) is 12.2. The van der Waals surface area contributed by atoms with Crippen molar-refractivity contribution in [2.75, 3.05) is 4.90 Å². The van der Waals surface area contributed by atoms with E-state index in [4.69, 9.17) is 4.42 Å². The second-order valence-corrected chi connectivity index (χ2v) is 17.3. The molecule has 274 valence electrons. The molecule has 9 aromatic carbocycles. The first kappa shape index (κ1) is 33.7. The molecule has 0 N–H and O–H groups in total. The Bertz CT molecular complexity index is 3260. The number of fused-ring (bicyclic) bond motifs is 10. The first-order chi connectivity index (χ1) is 27.7. The van der Waals surface area contributed by atoms with E-state index in [-0.39, 0.29) is 10.8 Å². The highest BCUT2D eigenvalue weighted by atomic mass is 16.3. The number of rotatable bonds is 4. The molecule has 0 unspecified atom stereocenters. The molecular weight excluding hydrogens is 691 g/mol. The minimum atomic E-state index is -0.135. The molecule has 0 aliphatic heterocycles. The summed E-state index contributed by atoms with van der Waals surface area (Å²) in [4.78, 5) is 2.52. The molecule has 10 aromatic rings. The van der Waals surface area contributed by atoms with Crippen molar-refractivity contribution in [1.29, 1.82) is 0 Å². The van der Waals surface area contributed by atoms with Crippen LogP contribution in [0.25, 0.3) is 76.5 Å². The molecule has 0 atom stereocenters. The lowest BCUT2D eigenvalue weighted by molar-refractivity contribution is 0.596. The zero-order valence-electron chi connectivity index (χ0n) is 33.0. The summed E-state index contributed by atoms with van der Waals surface area (Å²) in [5.74, 6) is 0. The van der Waals surface area contributed by atoms with Crippen molar-refractivity contribution in [3.8, 4) is 22.3 Å². The molecule has 2 nitrogen and oxygen atoms in total. The first-order valence-electron chi connectivity index (χ1n) is 20.1. The minimum absolute atomic E-state index is 0.0298. The molecule has 2 heteroatoms. The average molecular weight is 734 g/mol. The van der Waals surface area contributed by atoms with Crippen LogP contribution in [0, 0.1) is 0 Å². The van der Waals surface area contributed by atoms with Gasteiger partial charge in [0.25, 0.3) is 0 Å². The van der Waals surface area contributed by atoms with Crippen molar-refractivity contribution in [2.45, 2.75) is 45.4 Å². The van der Waals surface area contributed by atoms with Gasteiger partial charge in [0, 0.05) is 38.4 Å². The van der Waals surface area contributed by atoms with Gasteiger partial charge in [-0.25, -0.2) is 0 Å². The molecule has 1 aliphatic rings. The first-order valence-corrected chi connectivity index (χ1v) is 20.1. The lowest BCUT2D eigenvalue weighted by Gasteiger charge is -2.32. The Kier molecular flexibility index (Phi) is 7.20. The molecule has 1 aromatic heterocycles. The van der Waals surface area contributed by atoms with Gasteiger partial charge < -0.3 is 9.32 Å². The summed E-state index contributed by atoms with van der Waals surface area (Å²) in [6, 6.07) is 62.7. The molecule has 0 saturated heterocycles. The Labute approximate surface area is 333 Å². The van der Waals surface area contributed by atoms with Crippen LogP contribution in [-0.4, -0.2) is 0 Å². The number of hydrogen-bond donors (Lipinski definition) is 0. The standard InChI is InChI=1S/C55H43NO/c1-54(2,3)45-30-32-48(40-20-11-10-19-39(40)45)56(36-27-29-46-44(33-36)51-37-17-8-6-15-34(37)25-28-47(51)55(46,4)5)49-31-26-35-16-7-9-18-38(35)52(49)43-23-14-22-42-41-21-12-13-24-50(41)57-53(42)43/h6-33H,1-5H3. The molecular formula is C55H43NO. The number of benzene rings is 9. The predicted molar refractivity (Wildman–Crippen MR) is 243 cm³/mol. The molecule has 0 radical (unpaired) electrons. The number of furan rings is 1. The lowest BCUT2D eigenvalue weighted by Crippen LogP contribution is -2.16. The maximum Gasteiger partial charge on any atom is 0.143 e. The molecule has 0 saturated carbocycles. The van der Waals surface area contributed by atoms with Gasteiger partial charge in [0.05, 0.1) is 11.4 Å². The van der Waals surface area contributed by atoms with E-state index in [1.807, 2.05) is 0 Å². The average Bonchev–Trinajstić information content (AvgIpc) is 3.72. The Morgan fingerprint density at radius 1 is 0.456 bits per heavy atom. The Hall–Kier alpha value is -6.64. The second-order valence-electron chi connectivity index (χ2n) is 17.3. The van der Waals surface area contributed by atoms with Crippen LogP contribution in [0.4, 0.5) is 17.1 Å². The van der Waals surface area contributed by atoms with Crippen LogP contribution in [-0.2, 0) is 10.8 Å². The summed E-state index contributed by atoms with van der Waals surface area (Å²) < 4.78 is 6.80. The number of hydrogen-bond acceptors (Lipinski definition) is 2. The fraction of sp³-hybridized carbons (Fsp3) is 0.127. The summed E-state index contributed by atoms with van der Waals surface area (Å²) in [5.41, 5.74) is 13.9. The van der Waals surface area contributed by atoms with Crippen molar-refractivity contribution < 1.29 is 4.42 Å². The molecule has 0 spiro atoms. The topological polar surface area (TPSA) is 16.4 Å². The minimum Gasteiger partial charge on any atom is -0.455 e. The van der Waals surface area contributed by atoms with Gasteiger partial charge in [-0.2, -0.15) is 0 Å². The molecule has 1 heterocycles. The van der Waals surface area contributed by atoms with Gasteiger partial charge in [0.15, 0.2) is 0 Å². The zero-order valence-corrected chi connectivity index (χ0v) is 33.0. The third-order valence-corrected chi connectivity index (χ3v) is 12.6. The largest absolute Gasteiger partial charge is 0.455 e. The highest BCUT2D eigenvalue weighted by molar-refractivity contribution is 6.16. The molecule has 11 rings (SSSR count). The van der Waals surface area contributed by atoms with Crippen molar-refractivity contribution in [3.05, 3.63) is 187 Å². The van der Waals surface area contributed by atoms with Gasteiger partial charge in [-0.15, -0.1) is 0 Å². The van der Waals surface area contributed by atoms with E-state index in [1.54, 1.807) is 0 Å². The fourth-order valence-electron chi connectivity index (χ4n) is 9.86. The van der Waals surface area contributed by atoms with Crippen LogP contribution < -0.4 is 4.90 Å². The van der Waals surface area contributed by atoms with Crippen LogP contribution in [0.1, 0.15) is 51.3 Å². The maximum atomic E-state index is 6.80. The van der Waals surface area contributed by atoms with E-state index >= 15 is 0 Å². The van der Waals surface area contributed by atoms with Crippen LogP contribution in [0.3, 0.4) is 0 Å². The van der Waals surface area contributed by atoms with Gasteiger partial charge in [-0.3, -0.25) is 0 Å². The van der Waals surface area contributed by atoms with E-state index in [1.165, 1.54) is 60.1 Å². The fourth-order valence-corrected chi connectivity index (χ4v) is 9.86. The van der Waals surface area contributed by atoms with Crippen molar-refractivity contribution in [1.82, 2.24) is 0 Å². The monoisotopic (exact) mass is 733 g/mol. The van der Waals surface area contributed by atoms with Gasteiger partial charge in [-0.05, 0) is 90.5 Å². The van der Waals surface area contributed by atoms with Crippen molar-refractivity contribution in [2.24, 2.45) is 0 Å². The van der Waals surface area contributed by atoms with Crippen molar-refractivity contribution in [3.63, 3.8) is 0 Å². The van der Waals surface area contributed by atoms with E-state index in [2.05, 4.69) is 209 Å². The summed E-state index contributed by atoms with van der Waals surface area (Å²) in [7, 11) is 0. The normalized spacial score (nSPS) is 13.5. The van der Waals surface area contributed by atoms with Crippen LogP contribution >= 0.6 is 0 Å². The van der Waals surface area contributed by atoms with Crippen molar-refractivity contribution >= 4 is 71.3 Å². The quantitative estimate of drug-likeness (QED) is 0.179. The van der Waals surface area contributed by atoms with Gasteiger partial charge in [-0.1, -0.05) is 174 Å². The Morgan fingerprint density at radius 2 is 1.05 bits per heavy atom. The summed E-state index contributed by atoms with van der Waals surface area (Å²) in [6.45, 7) is 11.7. The van der Waals surface area contributed by atoms with E-state index in [0.29, 0.717) is 0 Å². The highest BCUT2D eigenvalue weighted by Crippen LogP contribution is 2.55. The van der Waals surface area contributed by atoms with Gasteiger partial charge >= 0.3 is 0 Å². The number of para-hydroxylation sites is 2. The SMILES string of the molecule is CC(C)(C)c1ccc(N(c2ccc3c(c2)-c2c(ccc4ccccc24)C3(C)C)c2ccc3ccccc3c2-c2cccc3c2oc2ccccc23)c2ccccc12. The predicted octanol–water partition coefficient (Wildman–Crippen LogP) is 15.8. The van der Waals surface area contributed by atoms with Gasteiger partial charge in [0.1, 0.15) is 11.2 Å². The number of nitrogens with zero attached hydrogens (tertiary/aromatic N) is 1. The smallest absolute Gasteiger partial charge is 0.143 e. The third-order valence-electron chi connectivity index (χ3n) is 12.6. The maximum absolute atomic E-state index is 6.80. The third kappa shape index (κ3) is 4.96. The summed E-state index contributed by atoms with van der Waals surface area (Å²) in [6.07, 6.45) is 0. The molecule has 0 bridgehead atoms. The van der Waals surface area contributed by atoms with E-state index in [0.717, 1.165) is 50.1 Å². The summed E-state index contributed by atoms with van der Waals surface area (Å²) >= 11 is 0. The molecule has 57 heavy (non-hydrogen) atoms. The lowest BCUT2D eigenvalue weighted by atomic mass is 9.82. The molecule has 1 aliphatic carbocycles. The van der Waals surface area contributed by atoms with Crippen LogP contribution in [0.2, 0.25) is 0 Å². The summed E-state index contributed by atoms with van der Waals surface area (Å²) in [5, 5.41) is 9.68. The Balaban J connectivity index is 1.27. The van der Waals surface area contributed by atoms with Crippen LogP contribution in [0.15, 0.2) is 174 Å². The zero-order chi connectivity index (χ0) is 38.6. The van der Waals surface area contributed by atoms with Gasteiger partial charge in [0.2, 0.25) is 0 Å². The van der Waals surface area contributed by atoms with E-state index < -0.39 is 0 Å². The molecule has 0 fully saturated rings. The number of anilines is 3. The van der Waals surface area contributed by atoms with E-state index in [9.17, 15) is 0 Å². The Morgan fingerprint density at radius 3 is 1.81 bits per heavy atom.